The molecule has 2 N–H and O–H groups in total. The zero-order valence-corrected chi connectivity index (χ0v) is 12.4. The first-order chi connectivity index (χ1) is 9.99. The summed E-state index contributed by atoms with van der Waals surface area (Å²) in [5, 5.41) is 11.6. The van der Waals surface area contributed by atoms with Crippen molar-refractivity contribution in [1.29, 1.82) is 0 Å². The van der Waals surface area contributed by atoms with Crippen LogP contribution in [0.1, 0.15) is 38.2 Å². The average Bonchev–Trinajstić information content (AvgIpc) is 2.98. The SMILES string of the molecule is COc1cccc(C2(C(=O)N[C@@H](C)C(=O)O)CCCC2)c1. The van der Waals surface area contributed by atoms with E-state index in [1.807, 2.05) is 24.3 Å². The molecule has 114 valence electrons. The lowest BCUT2D eigenvalue weighted by Gasteiger charge is -2.29. The van der Waals surface area contributed by atoms with Gasteiger partial charge in [-0.05, 0) is 37.5 Å². The Labute approximate surface area is 124 Å². The van der Waals surface area contributed by atoms with Gasteiger partial charge in [-0.3, -0.25) is 9.59 Å². The number of carbonyl (C=O) groups excluding carboxylic acids is 1. The Hall–Kier alpha value is -2.04. The predicted octanol–water partition coefficient (Wildman–Crippen LogP) is 2.10. The lowest BCUT2D eigenvalue weighted by atomic mass is 9.77. The molecule has 1 amide bonds. The summed E-state index contributed by atoms with van der Waals surface area (Å²) in [7, 11) is 1.59. The zero-order chi connectivity index (χ0) is 15.5. The molecule has 1 fully saturated rings. The van der Waals surface area contributed by atoms with Gasteiger partial charge in [0, 0.05) is 0 Å². The molecule has 1 atom stereocenters. The molecule has 0 aliphatic heterocycles. The molecule has 2 rings (SSSR count). The molecule has 1 saturated carbocycles. The largest absolute Gasteiger partial charge is 0.497 e. The van der Waals surface area contributed by atoms with Crippen LogP contribution in [0.5, 0.6) is 5.75 Å². The van der Waals surface area contributed by atoms with Gasteiger partial charge in [-0.1, -0.05) is 25.0 Å². The van der Waals surface area contributed by atoms with Gasteiger partial charge in [-0.25, -0.2) is 0 Å². The molecule has 1 aliphatic rings. The lowest BCUT2D eigenvalue weighted by molar-refractivity contribution is -0.142. The maximum Gasteiger partial charge on any atom is 0.325 e. The molecule has 0 bridgehead atoms. The second-order valence-corrected chi connectivity index (χ2v) is 5.55. The standard InChI is InChI=1S/C16H21NO4/c1-11(14(18)19)17-15(20)16(8-3-4-9-16)12-6-5-7-13(10-12)21-2/h5-7,10-11H,3-4,8-9H2,1-2H3,(H,17,20)(H,18,19)/t11-/m0/s1. The summed E-state index contributed by atoms with van der Waals surface area (Å²) in [5.74, 6) is -0.525. The first-order valence-electron chi connectivity index (χ1n) is 7.18. The van der Waals surface area contributed by atoms with Crippen LogP contribution in [0.25, 0.3) is 0 Å². The van der Waals surface area contributed by atoms with E-state index in [0.29, 0.717) is 5.75 Å². The molecule has 0 spiro atoms. The van der Waals surface area contributed by atoms with Crippen LogP contribution in [0.15, 0.2) is 24.3 Å². The first-order valence-corrected chi connectivity index (χ1v) is 7.18. The molecule has 0 saturated heterocycles. The number of carboxylic acids is 1. The summed E-state index contributed by atoms with van der Waals surface area (Å²) in [6, 6.07) is 6.60. The summed E-state index contributed by atoms with van der Waals surface area (Å²) in [6.45, 7) is 1.48. The Bertz CT molecular complexity index is 535. The zero-order valence-electron chi connectivity index (χ0n) is 12.4. The molecule has 0 radical (unpaired) electrons. The highest BCUT2D eigenvalue weighted by Gasteiger charge is 2.43. The number of hydrogen-bond acceptors (Lipinski definition) is 3. The minimum absolute atomic E-state index is 0.205. The van der Waals surface area contributed by atoms with Crippen LogP contribution in [0.4, 0.5) is 0 Å². The molecule has 1 aromatic rings. The van der Waals surface area contributed by atoms with Crippen LogP contribution < -0.4 is 10.1 Å². The molecule has 1 aliphatic carbocycles. The second kappa shape index (κ2) is 6.16. The Morgan fingerprint density at radius 1 is 1.33 bits per heavy atom. The molecule has 21 heavy (non-hydrogen) atoms. The number of benzene rings is 1. The van der Waals surface area contributed by atoms with E-state index in [1.165, 1.54) is 6.92 Å². The van der Waals surface area contributed by atoms with Gasteiger partial charge in [-0.2, -0.15) is 0 Å². The van der Waals surface area contributed by atoms with Crippen molar-refractivity contribution >= 4 is 11.9 Å². The van der Waals surface area contributed by atoms with Crippen molar-refractivity contribution in [2.24, 2.45) is 0 Å². The third kappa shape index (κ3) is 3.01. The van der Waals surface area contributed by atoms with E-state index in [-0.39, 0.29) is 5.91 Å². The number of hydrogen-bond donors (Lipinski definition) is 2. The Morgan fingerprint density at radius 2 is 2.00 bits per heavy atom. The van der Waals surface area contributed by atoms with Crippen LogP contribution in [0.2, 0.25) is 0 Å². The maximum atomic E-state index is 12.7. The van der Waals surface area contributed by atoms with Crippen LogP contribution in [-0.2, 0) is 15.0 Å². The lowest BCUT2D eigenvalue weighted by Crippen LogP contribution is -2.48. The predicted molar refractivity (Wildman–Crippen MR) is 78.4 cm³/mol. The third-order valence-electron chi connectivity index (χ3n) is 4.23. The van der Waals surface area contributed by atoms with Crippen molar-refractivity contribution < 1.29 is 19.4 Å². The fraction of sp³-hybridized carbons (Fsp3) is 0.500. The molecule has 0 unspecified atom stereocenters. The van der Waals surface area contributed by atoms with E-state index >= 15 is 0 Å². The number of carbonyl (C=O) groups is 2. The highest BCUT2D eigenvalue weighted by atomic mass is 16.5. The van der Waals surface area contributed by atoms with E-state index in [2.05, 4.69) is 5.32 Å². The molecular weight excluding hydrogens is 270 g/mol. The Kier molecular flexibility index (Phi) is 4.50. The van der Waals surface area contributed by atoms with E-state index < -0.39 is 17.4 Å². The van der Waals surface area contributed by atoms with Gasteiger partial charge in [-0.15, -0.1) is 0 Å². The number of amides is 1. The third-order valence-corrected chi connectivity index (χ3v) is 4.23. The molecule has 1 aromatic carbocycles. The van der Waals surface area contributed by atoms with Crippen molar-refractivity contribution in [3.8, 4) is 5.75 Å². The molecule has 0 aromatic heterocycles. The number of ether oxygens (including phenoxy) is 1. The van der Waals surface area contributed by atoms with Crippen LogP contribution in [0, 0.1) is 0 Å². The summed E-state index contributed by atoms with van der Waals surface area (Å²) < 4.78 is 5.23. The van der Waals surface area contributed by atoms with Crippen molar-refractivity contribution in [2.75, 3.05) is 7.11 Å². The van der Waals surface area contributed by atoms with Gasteiger partial charge < -0.3 is 15.2 Å². The quantitative estimate of drug-likeness (QED) is 0.871. The topological polar surface area (TPSA) is 75.6 Å². The van der Waals surface area contributed by atoms with E-state index in [0.717, 1.165) is 31.2 Å². The Balaban J connectivity index is 2.31. The summed E-state index contributed by atoms with van der Waals surface area (Å²) in [6.07, 6.45) is 3.40. The van der Waals surface area contributed by atoms with Gasteiger partial charge in [0.15, 0.2) is 0 Å². The molecule has 0 heterocycles. The first kappa shape index (κ1) is 15.4. The number of aliphatic carboxylic acids is 1. The number of nitrogens with one attached hydrogen (secondary N) is 1. The van der Waals surface area contributed by atoms with E-state index in [4.69, 9.17) is 9.84 Å². The highest BCUT2D eigenvalue weighted by Crippen LogP contribution is 2.42. The van der Waals surface area contributed by atoms with Crippen molar-refractivity contribution in [1.82, 2.24) is 5.32 Å². The number of rotatable bonds is 5. The summed E-state index contributed by atoms with van der Waals surface area (Å²) >= 11 is 0. The minimum Gasteiger partial charge on any atom is -0.497 e. The highest BCUT2D eigenvalue weighted by molar-refractivity contribution is 5.91. The van der Waals surface area contributed by atoms with Gasteiger partial charge in [0.2, 0.25) is 5.91 Å². The van der Waals surface area contributed by atoms with Crippen molar-refractivity contribution in [3.05, 3.63) is 29.8 Å². The smallest absolute Gasteiger partial charge is 0.325 e. The van der Waals surface area contributed by atoms with Crippen LogP contribution in [-0.4, -0.2) is 30.1 Å². The molecule has 5 heteroatoms. The van der Waals surface area contributed by atoms with Gasteiger partial charge in [0.1, 0.15) is 11.8 Å². The van der Waals surface area contributed by atoms with Gasteiger partial charge in [0.25, 0.3) is 0 Å². The van der Waals surface area contributed by atoms with Crippen molar-refractivity contribution in [3.63, 3.8) is 0 Å². The van der Waals surface area contributed by atoms with E-state index in [1.54, 1.807) is 7.11 Å². The van der Waals surface area contributed by atoms with Crippen LogP contribution in [0.3, 0.4) is 0 Å². The summed E-state index contributed by atoms with van der Waals surface area (Å²) in [5.41, 5.74) is 0.257. The van der Waals surface area contributed by atoms with E-state index in [9.17, 15) is 9.59 Å². The fourth-order valence-corrected chi connectivity index (χ4v) is 2.94. The normalized spacial score (nSPS) is 18.0. The Morgan fingerprint density at radius 3 is 2.57 bits per heavy atom. The summed E-state index contributed by atoms with van der Waals surface area (Å²) in [4.78, 5) is 23.6. The average molecular weight is 291 g/mol. The van der Waals surface area contributed by atoms with Gasteiger partial charge >= 0.3 is 5.97 Å². The number of methoxy groups -OCH3 is 1. The number of carboxylic acid groups (broad SMARTS) is 1. The van der Waals surface area contributed by atoms with Crippen LogP contribution >= 0.6 is 0 Å². The minimum atomic E-state index is -1.03. The monoisotopic (exact) mass is 291 g/mol. The maximum absolute atomic E-state index is 12.7. The van der Waals surface area contributed by atoms with Crippen molar-refractivity contribution in [2.45, 2.75) is 44.1 Å². The second-order valence-electron chi connectivity index (χ2n) is 5.55. The molecule has 5 nitrogen and oxygen atoms in total. The fourth-order valence-electron chi connectivity index (χ4n) is 2.94. The molecular formula is C16H21NO4. The van der Waals surface area contributed by atoms with Gasteiger partial charge in [0.05, 0.1) is 12.5 Å².